The molecule has 0 aliphatic heterocycles. The first-order valence-electron chi connectivity index (χ1n) is 30.1. The second-order valence-corrected chi connectivity index (χ2v) is 20.8. The van der Waals surface area contributed by atoms with Gasteiger partial charge in [0, 0.05) is 6.42 Å². The lowest BCUT2D eigenvalue weighted by Gasteiger charge is -2.24. The van der Waals surface area contributed by atoms with E-state index in [1.165, 1.54) is 218 Å². The first-order chi connectivity index (χ1) is 33.0. The number of ether oxygens (including phenoxy) is 1. The highest BCUT2D eigenvalue weighted by molar-refractivity contribution is 5.77. The molecule has 3 N–H and O–H groups in total. The number of aliphatic hydroxyl groups is 2. The summed E-state index contributed by atoms with van der Waals surface area (Å²) in [5, 5.41) is 23.9. The zero-order valence-corrected chi connectivity index (χ0v) is 45.3. The van der Waals surface area contributed by atoms with E-state index in [4.69, 9.17) is 4.74 Å². The van der Waals surface area contributed by atoms with E-state index in [2.05, 4.69) is 50.4 Å². The van der Waals surface area contributed by atoms with E-state index in [1.54, 1.807) is 0 Å². The first-order valence-corrected chi connectivity index (χ1v) is 30.1. The zero-order chi connectivity index (χ0) is 48.8. The minimum Gasteiger partial charge on any atom is -0.462 e. The number of allylic oxidation sites excluding steroid dienone is 4. The van der Waals surface area contributed by atoms with Crippen LogP contribution < -0.4 is 5.32 Å². The molecule has 0 rings (SSSR count). The quantitative estimate of drug-likeness (QED) is 0.0321. The molecule has 396 valence electrons. The van der Waals surface area contributed by atoms with Gasteiger partial charge in [-0.2, -0.15) is 0 Å². The molecule has 1 amide bonds. The van der Waals surface area contributed by atoms with Crippen molar-refractivity contribution < 1.29 is 24.5 Å². The van der Waals surface area contributed by atoms with Crippen LogP contribution in [-0.2, 0) is 14.3 Å². The van der Waals surface area contributed by atoms with Gasteiger partial charge in [-0.1, -0.05) is 283 Å². The average Bonchev–Trinajstić information content (AvgIpc) is 3.32. The van der Waals surface area contributed by atoms with Crippen molar-refractivity contribution in [3.63, 3.8) is 0 Å². The fourth-order valence-corrected chi connectivity index (χ4v) is 9.46. The van der Waals surface area contributed by atoms with Crippen molar-refractivity contribution in [2.45, 2.75) is 347 Å². The zero-order valence-electron chi connectivity index (χ0n) is 45.3. The van der Waals surface area contributed by atoms with E-state index in [0.717, 1.165) is 64.2 Å². The first kappa shape index (κ1) is 65.3. The lowest BCUT2D eigenvalue weighted by Crippen LogP contribution is -2.46. The van der Waals surface area contributed by atoms with Crippen LogP contribution in [0.3, 0.4) is 0 Å². The Morgan fingerprint density at radius 2 is 0.761 bits per heavy atom. The van der Waals surface area contributed by atoms with Crippen LogP contribution >= 0.6 is 0 Å². The van der Waals surface area contributed by atoms with Crippen molar-refractivity contribution in [2.24, 2.45) is 0 Å². The third-order valence-corrected chi connectivity index (χ3v) is 14.0. The minimum atomic E-state index is -0.787. The summed E-state index contributed by atoms with van der Waals surface area (Å²) in [6, 6.07) is -0.701. The summed E-state index contributed by atoms with van der Waals surface area (Å²) >= 11 is 0. The van der Waals surface area contributed by atoms with E-state index >= 15 is 0 Å². The molecular weight excluding hydrogens is 827 g/mol. The lowest BCUT2D eigenvalue weighted by molar-refractivity contribution is -0.151. The van der Waals surface area contributed by atoms with Crippen molar-refractivity contribution in [2.75, 3.05) is 6.61 Å². The van der Waals surface area contributed by atoms with Gasteiger partial charge in [0.25, 0.3) is 0 Å². The number of aliphatic hydroxyl groups excluding tert-OH is 2. The Hall–Kier alpha value is -1.66. The summed E-state index contributed by atoms with van der Waals surface area (Å²) in [5.74, 6) is -0.460. The van der Waals surface area contributed by atoms with Crippen molar-refractivity contribution in [1.29, 1.82) is 0 Å². The van der Waals surface area contributed by atoms with Crippen LogP contribution in [0.5, 0.6) is 0 Å². The summed E-state index contributed by atoms with van der Waals surface area (Å²) in [4.78, 5) is 26.3. The van der Waals surface area contributed by atoms with Crippen LogP contribution in [0, 0.1) is 0 Å². The molecule has 0 bridgehead atoms. The second-order valence-electron chi connectivity index (χ2n) is 20.8. The normalized spacial score (nSPS) is 13.2. The Morgan fingerprint density at radius 3 is 1.16 bits per heavy atom. The highest BCUT2D eigenvalue weighted by Crippen LogP contribution is 2.19. The summed E-state index contributed by atoms with van der Waals surface area (Å²) in [7, 11) is 0. The third kappa shape index (κ3) is 50.5. The largest absolute Gasteiger partial charge is 0.462 e. The fourth-order valence-electron chi connectivity index (χ4n) is 9.46. The standard InChI is InChI=1S/C61H117NO5/c1-4-7-10-13-16-19-22-25-28-30-32-34-37-40-43-46-49-52-57(67-61(66)54-51-48-45-42-39-36-27-24-21-18-15-12-9-6-3)55-60(65)62-58(56-63)59(64)53-50-47-44-41-38-35-33-31-29-26-23-20-17-14-11-8-5-2/h16,19,25,28,57-59,63-64H,4-15,17-18,20-24,26-27,29-56H2,1-3H3,(H,62,65)/b19-16-,28-25-. The van der Waals surface area contributed by atoms with Crippen molar-refractivity contribution in [3.8, 4) is 0 Å². The molecule has 3 unspecified atom stereocenters. The second kappa shape index (κ2) is 55.3. The van der Waals surface area contributed by atoms with Gasteiger partial charge in [-0.05, 0) is 57.8 Å². The molecular formula is C61H117NO5. The molecule has 0 spiro atoms. The van der Waals surface area contributed by atoms with Crippen molar-refractivity contribution in [1.82, 2.24) is 5.32 Å². The van der Waals surface area contributed by atoms with Gasteiger partial charge in [0.15, 0.2) is 0 Å². The summed E-state index contributed by atoms with van der Waals surface area (Å²) < 4.78 is 5.97. The molecule has 0 saturated heterocycles. The van der Waals surface area contributed by atoms with Crippen LogP contribution in [0.2, 0.25) is 0 Å². The van der Waals surface area contributed by atoms with Gasteiger partial charge in [-0.3, -0.25) is 9.59 Å². The molecule has 0 aromatic rings. The molecule has 6 nitrogen and oxygen atoms in total. The molecule has 67 heavy (non-hydrogen) atoms. The van der Waals surface area contributed by atoms with Gasteiger partial charge in [-0.15, -0.1) is 0 Å². The molecule has 0 heterocycles. The Balaban J connectivity index is 4.51. The molecule has 0 saturated carbocycles. The van der Waals surface area contributed by atoms with Gasteiger partial charge in [0.2, 0.25) is 5.91 Å². The Morgan fingerprint density at radius 1 is 0.433 bits per heavy atom. The Kier molecular flexibility index (Phi) is 53.9. The predicted octanol–water partition coefficient (Wildman–Crippen LogP) is 18.6. The van der Waals surface area contributed by atoms with E-state index in [1.807, 2.05) is 0 Å². The number of esters is 1. The Labute approximate surface area is 418 Å². The smallest absolute Gasteiger partial charge is 0.306 e. The predicted molar refractivity (Wildman–Crippen MR) is 292 cm³/mol. The van der Waals surface area contributed by atoms with Crippen LogP contribution in [-0.4, -0.2) is 46.9 Å². The monoisotopic (exact) mass is 944 g/mol. The van der Waals surface area contributed by atoms with Crippen LogP contribution in [0.25, 0.3) is 0 Å². The highest BCUT2D eigenvalue weighted by Gasteiger charge is 2.24. The maximum atomic E-state index is 13.3. The van der Waals surface area contributed by atoms with Gasteiger partial charge in [0.05, 0.1) is 25.2 Å². The summed E-state index contributed by atoms with van der Waals surface area (Å²) in [6.45, 7) is 6.50. The molecule has 3 atom stereocenters. The maximum absolute atomic E-state index is 13.3. The summed E-state index contributed by atoms with van der Waals surface area (Å²) in [5.41, 5.74) is 0. The SMILES string of the molecule is CCCCC/C=C\C/C=C\CCCCCCCCCC(CC(=O)NC(CO)C(O)CCCCCCCCCCCCCCCCCCC)OC(=O)CCCCCCCCCCCCCCCC. The van der Waals surface area contributed by atoms with Crippen LogP contribution in [0.1, 0.15) is 329 Å². The van der Waals surface area contributed by atoms with Crippen LogP contribution in [0.4, 0.5) is 0 Å². The molecule has 0 aliphatic carbocycles. The topological polar surface area (TPSA) is 95.9 Å². The molecule has 0 aromatic heterocycles. The Bertz CT molecular complexity index is 1060. The fraction of sp³-hybridized carbons (Fsp3) is 0.902. The van der Waals surface area contributed by atoms with E-state index in [0.29, 0.717) is 19.3 Å². The molecule has 0 fully saturated rings. The number of nitrogens with one attached hydrogen (secondary N) is 1. The number of carbonyl (C=O) groups excluding carboxylic acids is 2. The van der Waals surface area contributed by atoms with Crippen molar-refractivity contribution >= 4 is 11.9 Å². The van der Waals surface area contributed by atoms with Crippen molar-refractivity contribution in [3.05, 3.63) is 24.3 Å². The summed E-state index contributed by atoms with van der Waals surface area (Å²) in [6.07, 6.45) is 65.3. The minimum absolute atomic E-state index is 0.0784. The molecule has 0 aliphatic rings. The van der Waals surface area contributed by atoms with E-state index in [-0.39, 0.29) is 24.9 Å². The number of carbonyl (C=O) groups is 2. The number of rotatable bonds is 55. The van der Waals surface area contributed by atoms with Gasteiger partial charge < -0.3 is 20.3 Å². The molecule has 0 radical (unpaired) electrons. The number of unbranched alkanes of at least 4 members (excludes halogenated alkanes) is 39. The number of hydrogen-bond acceptors (Lipinski definition) is 5. The van der Waals surface area contributed by atoms with Crippen LogP contribution in [0.15, 0.2) is 24.3 Å². The van der Waals surface area contributed by atoms with E-state index in [9.17, 15) is 19.8 Å². The average molecular weight is 945 g/mol. The highest BCUT2D eigenvalue weighted by atomic mass is 16.5. The van der Waals surface area contributed by atoms with Gasteiger partial charge in [0.1, 0.15) is 6.10 Å². The lowest BCUT2D eigenvalue weighted by atomic mass is 10.0. The molecule has 0 aromatic carbocycles. The van der Waals surface area contributed by atoms with E-state index < -0.39 is 18.2 Å². The number of hydrogen-bond donors (Lipinski definition) is 3. The third-order valence-electron chi connectivity index (χ3n) is 14.0. The molecule has 6 heteroatoms. The maximum Gasteiger partial charge on any atom is 0.306 e. The van der Waals surface area contributed by atoms with Gasteiger partial charge >= 0.3 is 5.97 Å². The number of amides is 1. The van der Waals surface area contributed by atoms with Gasteiger partial charge in [-0.25, -0.2) is 0 Å².